The number of carboxylic acid groups (broad SMARTS) is 1. The molecule has 0 spiro atoms. The van der Waals surface area contributed by atoms with Crippen LogP contribution in [0.15, 0.2) is 0 Å². The zero-order chi connectivity index (χ0) is 12.5. The number of carbonyl (C=O) groups is 1. The van der Waals surface area contributed by atoms with Crippen LogP contribution in [0, 0.1) is 22.2 Å². The molecule has 4 rings (SSSR count). The van der Waals surface area contributed by atoms with Gasteiger partial charge in [0.25, 0.3) is 0 Å². The number of aliphatic carboxylic acids is 1. The Bertz CT molecular complexity index is 360. The van der Waals surface area contributed by atoms with E-state index in [1.165, 1.54) is 19.3 Å². The molecule has 4 aliphatic rings. The van der Waals surface area contributed by atoms with Crippen molar-refractivity contribution in [3.63, 3.8) is 0 Å². The first kappa shape index (κ1) is 11.8. The lowest BCUT2D eigenvalue weighted by atomic mass is 9.40. The fourth-order valence-corrected chi connectivity index (χ4v) is 6.32. The van der Waals surface area contributed by atoms with Crippen molar-refractivity contribution in [1.29, 1.82) is 0 Å². The summed E-state index contributed by atoms with van der Waals surface area (Å²) in [5.74, 6) is -0.109. The highest BCUT2D eigenvalue weighted by molar-refractivity contribution is 6.30. The van der Waals surface area contributed by atoms with Crippen molar-refractivity contribution >= 4 is 17.6 Å². The lowest BCUT2D eigenvalue weighted by molar-refractivity contribution is -0.162. The predicted molar refractivity (Wildman–Crippen MR) is 67.1 cm³/mol. The summed E-state index contributed by atoms with van der Waals surface area (Å²) in [4.78, 5) is 11.3. The average Bonchev–Trinajstić information content (AvgIpc) is 2.10. The summed E-state index contributed by atoms with van der Waals surface area (Å²) < 4.78 is 0. The Kier molecular flexibility index (Phi) is 2.23. The summed E-state index contributed by atoms with van der Waals surface area (Å²) >= 11 is 6.26. The van der Waals surface area contributed by atoms with Gasteiger partial charge in [0.2, 0.25) is 0 Å². The second-order valence-electron chi connectivity index (χ2n) is 7.69. The first-order chi connectivity index (χ1) is 7.76. The van der Waals surface area contributed by atoms with Crippen LogP contribution in [0.2, 0.25) is 0 Å². The molecule has 4 bridgehead atoms. The lowest BCUT2D eigenvalue weighted by Crippen LogP contribution is -2.59. The van der Waals surface area contributed by atoms with Crippen LogP contribution in [-0.4, -0.2) is 16.5 Å². The van der Waals surface area contributed by atoms with Crippen LogP contribution >= 0.6 is 11.6 Å². The van der Waals surface area contributed by atoms with Crippen LogP contribution in [0.5, 0.6) is 0 Å². The Morgan fingerprint density at radius 3 is 2.12 bits per heavy atom. The molecule has 3 heteroatoms. The van der Waals surface area contributed by atoms with E-state index >= 15 is 0 Å². The van der Waals surface area contributed by atoms with Gasteiger partial charge in [0.1, 0.15) is 5.38 Å². The van der Waals surface area contributed by atoms with Gasteiger partial charge in [0.15, 0.2) is 0 Å². The standard InChI is InChI=1S/C14H21ClO2/c1-12-3-9-4-13(2,6-12)8-14(5-9,7-12)10(15)11(16)17/h9-10H,3-8H2,1-2H3,(H,16,17)/t9?,10-,12+,13+,14?/m1/s1. The molecule has 17 heavy (non-hydrogen) atoms. The van der Waals surface area contributed by atoms with E-state index in [0.29, 0.717) is 16.7 Å². The Balaban J connectivity index is 2.00. The summed E-state index contributed by atoms with van der Waals surface area (Å²) in [6.07, 6.45) is 6.92. The van der Waals surface area contributed by atoms with E-state index in [2.05, 4.69) is 13.8 Å². The smallest absolute Gasteiger partial charge is 0.322 e. The van der Waals surface area contributed by atoms with Crippen LogP contribution in [0.3, 0.4) is 0 Å². The van der Waals surface area contributed by atoms with Crippen molar-refractivity contribution in [1.82, 2.24) is 0 Å². The molecular weight excluding hydrogens is 236 g/mol. The zero-order valence-corrected chi connectivity index (χ0v) is 11.4. The number of carboxylic acids is 1. The molecule has 0 aromatic carbocycles. The van der Waals surface area contributed by atoms with Gasteiger partial charge in [-0.3, -0.25) is 4.79 Å². The maximum atomic E-state index is 11.3. The van der Waals surface area contributed by atoms with Crippen molar-refractivity contribution in [2.24, 2.45) is 22.2 Å². The van der Waals surface area contributed by atoms with Gasteiger partial charge in [-0.2, -0.15) is 0 Å². The Hall–Kier alpha value is -0.240. The van der Waals surface area contributed by atoms with Crippen LogP contribution in [0.1, 0.15) is 52.4 Å². The summed E-state index contributed by atoms with van der Waals surface area (Å²) in [6.45, 7) is 4.69. The molecule has 0 saturated heterocycles. The number of halogens is 1. The third-order valence-corrected chi connectivity index (χ3v) is 6.07. The minimum Gasteiger partial charge on any atom is -0.480 e. The molecular formula is C14H21ClO2. The molecule has 4 saturated carbocycles. The molecule has 4 fully saturated rings. The maximum Gasteiger partial charge on any atom is 0.322 e. The highest BCUT2D eigenvalue weighted by atomic mass is 35.5. The fraction of sp³-hybridized carbons (Fsp3) is 0.929. The average molecular weight is 257 g/mol. The fourth-order valence-electron chi connectivity index (χ4n) is 6.08. The van der Waals surface area contributed by atoms with E-state index in [1.54, 1.807) is 0 Å². The topological polar surface area (TPSA) is 37.3 Å². The molecule has 96 valence electrons. The van der Waals surface area contributed by atoms with Crippen LogP contribution in [0.25, 0.3) is 0 Å². The van der Waals surface area contributed by atoms with E-state index in [4.69, 9.17) is 11.6 Å². The second-order valence-corrected chi connectivity index (χ2v) is 8.13. The summed E-state index contributed by atoms with van der Waals surface area (Å²) in [5, 5.41) is 8.59. The largest absolute Gasteiger partial charge is 0.480 e. The Morgan fingerprint density at radius 1 is 1.18 bits per heavy atom. The number of alkyl halides is 1. The molecule has 0 aromatic rings. The number of hydrogen-bond donors (Lipinski definition) is 1. The monoisotopic (exact) mass is 256 g/mol. The van der Waals surface area contributed by atoms with E-state index in [0.717, 1.165) is 19.3 Å². The normalized spacial score (nSPS) is 53.7. The van der Waals surface area contributed by atoms with Gasteiger partial charge in [0.05, 0.1) is 0 Å². The molecule has 0 aliphatic heterocycles. The Morgan fingerprint density at radius 2 is 1.71 bits per heavy atom. The Labute approximate surface area is 108 Å². The van der Waals surface area contributed by atoms with Crippen molar-refractivity contribution in [3.8, 4) is 0 Å². The molecule has 0 aromatic heterocycles. The molecule has 0 amide bonds. The van der Waals surface area contributed by atoms with Crippen molar-refractivity contribution in [3.05, 3.63) is 0 Å². The van der Waals surface area contributed by atoms with Crippen LogP contribution in [0.4, 0.5) is 0 Å². The van der Waals surface area contributed by atoms with Crippen LogP contribution in [-0.2, 0) is 4.79 Å². The third kappa shape index (κ3) is 1.63. The summed E-state index contributed by atoms with van der Waals surface area (Å²) in [7, 11) is 0. The van der Waals surface area contributed by atoms with E-state index in [1.807, 2.05) is 0 Å². The van der Waals surface area contributed by atoms with Gasteiger partial charge in [-0.1, -0.05) is 13.8 Å². The van der Waals surface area contributed by atoms with Gasteiger partial charge >= 0.3 is 5.97 Å². The second kappa shape index (κ2) is 3.20. The minimum atomic E-state index is -0.819. The zero-order valence-electron chi connectivity index (χ0n) is 10.6. The molecule has 1 N–H and O–H groups in total. The predicted octanol–water partition coefficient (Wildman–Crippen LogP) is 3.68. The van der Waals surface area contributed by atoms with Crippen molar-refractivity contribution in [2.75, 3.05) is 0 Å². The maximum absolute atomic E-state index is 11.3. The molecule has 4 aliphatic carbocycles. The first-order valence-electron chi connectivity index (χ1n) is 6.63. The minimum absolute atomic E-state index is 0.129. The molecule has 0 radical (unpaired) electrons. The van der Waals surface area contributed by atoms with Gasteiger partial charge in [-0.15, -0.1) is 11.6 Å². The molecule has 2 nitrogen and oxygen atoms in total. The lowest BCUT2D eigenvalue weighted by Gasteiger charge is -2.66. The van der Waals surface area contributed by atoms with Gasteiger partial charge in [0, 0.05) is 0 Å². The van der Waals surface area contributed by atoms with Gasteiger partial charge in [-0.05, 0) is 60.7 Å². The van der Waals surface area contributed by atoms with E-state index < -0.39 is 11.3 Å². The van der Waals surface area contributed by atoms with Crippen molar-refractivity contribution < 1.29 is 9.90 Å². The van der Waals surface area contributed by atoms with Gasteiger partial charge in [-0.25, -0.2) is 0 Å². The molecule has 0 heterocycles. The van der Waals surface area contributed by atoms with Crippen molar-refractivity contribution in [2.45, 2.75) is 57.7 Å². The highest BCUT2D eigenvalue weighted by Crippen LogP contribution is 2.70. The van der Waals surface area contributed by atoms with E-state index in [9.17, 15) is 9.90 Å². The van der Waals surface area contributed by atoms with Crippen LogP contribution < -0.4 is 0 Å². The number of hydrogen-bond acceptors (Lipinski definition) is 1. The quantitative estimate of drug-likeness (QED) is 0.766. The highest BCUT2D eigenvalue weighted by Gasteiger charge is 2.63. The van der Waals surface area contributed by atoms with E-state index in [-0.39, 0.29) is 5.41 Å². The number of rotatable bonds is 2. The summed E-state index contributed by atoms with van der Waals surface area (Å²) in [6, 6.07) is 0. The molecule has 3 atom stereocenters. The first-order valence-corrected chi connectivity index (χ1v) is 7.07. The summed E-state index contributed by atoms with van der Waals surface area (Å²) in [5.41, 5.74) is 0.559. The third-order valence-electron chi connectivity index (χ3n) is 5.42. The SMILES string of the molecule is C[C@@]12CC3CC([C@H](Cl)C(=O)O)(C1)C[C@@](C)(C3)C2. The van der Waals surface area contributed by atoms with Gasteiger partial charge < -0.3 is 5.11 Å². The molecule has 0 unspecified atom stereocenters.